The molecule has 0 bridgehead atoms. The second-order valence-corrected chi connectivity index (χ2v) is 8.03. The number of imide groups is 1. The van der Waals surface area contributed by atoms with Crippen LogP contribution >= 0.6 is 11.8 Å². The van der Waals surface area contributed by atoms with Gasteiger partial charge in [0.15, 0.2) is 0 Å². The van der Waals surface area contributed by atoms with E-state index in [2.05, 4.69) is 0 Å². The highest BCUT2D eigenvalue weighted by atomic mass is 32.2. The summed E-state index contributed by atoms with van der Waals surface area (Å²) >= 11 is 1.60. The van der Waals surface area contributed by atoms with E-state index in [1.54, 1.807) is 40.9 Å². The fourth-order valence-electron chi connectivity index (χ4n) is 4.03. The molecular formula is C22H22N2O3S. The molecule has 0 N–H and O–H groups in total. The average Bonchev–Trinajstić information content (AvgIpc) is 2.99. The molecule has 5 nitrogen and oxygen atoms in total. The van der Waals surface area contributed by atoms with E-state index in [4.69, 9.17) is 0 Å². The summed E-state index contributed by atoms with van der Waals surface area (Å²) in [6, 6.07) is 13.9. The van der Waals surface area contributed by atoms with Crippen molar-refractivity contribution < 1.29 is 14.4 Å². The van der Waals surface area contributed by atoms with Crippen LogP contribution in [0.25, 0.3) is 0 Å². The average molecular weight is 394 g/mol. The normalized spacial score (nSPS) is 16.8. The number of aryl methyl sites for hydroxylation is 1. The molecular weight excluding hydrogens is 372 g/mol. The highest BCUT2D eigenvalue weighted by molar-refractivity contribution is 7.98. The molecule has 0 spiro atoms. The van der Waals surface area contributed by atoms with Gasteiger partial charge in [-0.1, -0.05) is 30.3 Å². The van der Waals surface area contributed by atoms with E-state index < -0.39 is 6.04 Å². The fourth-order valence-corrected chi connectivity index (χ4v) is 4.48. The lowest BCUT2D eigenvalue weighted by Crippen LogP contribution is -2.52. The van der Waals surface area contributed by atoms with Crippen LogP contribution in [-0.4, -0.2) is 47.2 Å². The number of benzene rings is 2. The number of thioether (sulfide) groups is 1. The molecule has 6 heteroatoms. The zero-order valence-corrected chi connectivity index (χ0v) is 16.6. The number of rotatable bonds is 5. The predicted octanol–water partition coefficient (Wildman–Crippen LogP) is 3.38. The maximum atomic E-state index is 13.6. The molecule has 2 aliphatic rings. The lowest BCUT2D eigenvalue weighted by molar-refractivity contribution is -0.122. The van der Waals surface area contributed by atoms with Crippen LogP contribution in [0.5, 0.6) is 0 Å². The van der Waals surface area contributed by atoms with Crippen molar-refractivity contribution in [3.63, 3.8) is 0 Å². The molecule has 2 aliphatic heterocycles. The quantitative estimate of drug-likeness (QED) is 0.730. The van der Waals surface area contributed by atoms with E-state index in [1.807, 2.05) is 30.5 Å². The lowest BCUT2D eigenvalue weighted by atomic mass is 10.00. The summed E-state index contributed by atoms with van der Waals surface area (Å²) in [6.07, 6.45) is 4.22. The monoisotopic (exact) mass is 394 g/mol. The first-order chi connectivity index (χ1) is 13.6. The van der Waals surface area contributed by atoms with Crippen LogP contribution < -0.4 is 4.90 Å². The van der Waals surface area contributed by atoms with Gasteiger partial charge in [-0.3, -0.25) is 19.3 Å². The molecule has 28 heavy (non-hydrogen) atoms. The Hall–Kier alpha value is -2.60. The van der Waals surface area contributed by atoms with Crippen LogP contribution in [0.15, 0.2) is 48.5 Å². The molecule has 144 valence electrons. The number of amides is 3. The third-order valence-electron chi connectivity index (χ3n) is 5.39. The van der Waals surface area contributed by atoms with E-state index in [-0.39, 0.29) is 17.7 Å². The van der Waals surface area contributed by atoms with Gasteiger partial charge in [0.25, 0.3) is 11.8 Å². The van der Waals surface area contributed by atoms with Gasteiger partial charge in [0.05, 0.1) is 11.1 Å². The molecule has 0 saturated carbocycles. The summed E-state index contributed by atoms with van der Waals surface area (Å²) in [5, 5.41) is 0. The van der Waals surface area contributed by atoms with Crippen LogP contribution in [-0.2, 0) is 11.2 Å². The predicted molar refractivity (Wildman–Crippen MR) is 111 cm³/mol. The first-order valence-corrected chi connectivity index (χ1v) is 10.9. The highest BCUT2D eigenvalue weighted by Crippen LogP contribution is 2.31. The Balaban J connectivity index is 1.69. The smallest absolute Gasteiger partial charge is 0.262 e. The van der Waals surface area contributed by atoms with Crippen molar-refractivity contribution in [1.82, 2.24) is 4.90 Å². The molecule has 0 aromatic heterocycles. The van der Waals surface area contributed by atoms with E-state index in [9.17, 15) is 14.4 Å². The summed E-state index contributed by atoms with van der Waals surface area (Å²) in [7, 11) is 0. The Kier molecular flexibility index (Phi) is 5.22. The Morgan fingerprint density at radius 3 is 2.36 bits per heavy atom. The minimum atomic E-state index is -0.786. The number of anilines is 1. The molecule has 2 aromatic carbocycles. The van der Waals surface area contributed by atoms with Crippen molar-refractivity contribution >= 4 is 35.2 Å². The number of para-hydroxylation sites is 1. The fraction of sp³-hybridized carbons (Fsp3) is 0.318. The van der Waals surface area contributed by atoms with Crippen molar-refractivity contribution in [2.45, 2.75) is 25.3 Å². The second-order valence-electron chi connectivity index (χ2n) is 7.05. The number of hydrogen-bond acceptors (Lipinski definition) is 4. The Bertz CT molecular complexity index is 908. The van der Waals surface area contributed by atoms with Gasteiger partial charge in [-0.05, 0) is 55.0 Å². The van der Waals surface area contributed by atoms with E-state index in [0.717, 1.165) is 24.1 Å². The molecule has 0 saturated heterocycles. The number of carbonyl (C=O) groups excluding carboxylic acids is 3. The standard InChI is InChI=1S/C22H22N2O3S/c1-28-14-12-19(24-20(25)16-9-3-4-10-17(16)21(24)26)22(27)23-13-6-8-15-7-2-5-11-18(15)23/h2-5,7,9-11,19H,6,8,12-14H2,1H3/t19-/m0/s1. The van der Waals surface area contributed by atoms with Gasteiger partial charge in [0, 0.05) is 12.2 Å². The molecule has 2 aromatic rings. The summed E-state index contributed by atoms with van der Waals surface area (Å²) in [6.45, 7) is 0.606. The van der Waals surface area contributed by atoms with Crippen molar-refractivity contribution in [3.8, 4) is 0 Å². The SMILES string of the molecule is CSCC[C@@H](C(=O)N1CCCc2ccccc21)N1C(=O)c2ccccc2C1=O. The van der Waals surface area contributed by atoms with Crippen molar-refractivity contribution in [1.29, 1.82) is 0 Å². The minimum absolute atomic E-state index is 0.171. The van der Waals surface area contributed by atoms with Gasteiger partial charge >= 0.3 is 0 Å². The molecule has 1 atom stereocenters. The van der Waals surface area contributed by atoms with Crippen LogP contribution in [0.1, 0.15) is 39.1 Å². The summed E-state index contributed by atoms with van der Waals surface area (Å²) in [5.74, 6) is -0.217. The van der Waals surface area contributed by atoms with Gasteiger partial charge in [0.2, 0.25) is 5.91 Å². The van der Waals surface area contributed by atoms with Gasteiger partial charge in [-0.15, -0.1) is 0 Å². The first kappa shape index (κ1) is 18.7. The molecule has 2 heterocycles. The number of nitrogens with zero attached hydrogens (tertiary/aromatic N) is 2. The van der Waals surface area contributed by atoms with Crippen molar-refractivity contribution in [2.75, 3.05) is 23.5 Å². The minimum Gasteiger partial charge on any atom is -0.310 e. The number of hydrogen-bond donors (Lipinski definition) is 0. The third-order valence-corrected chi connectivity index (χ3v) is 6.04. The van der Waals surface area contributed by atoms with Gasteiger partial charge in [0.1, 0.15) is 6.04 Å². The van der Waals surface area contributed by atoms with E-state index in [1.165, 1.54) is 4.90 Å². The van der Waals surface area contributed by atoms with Gasteiger partial charge < -0.3 is 4.90 Å². The summed E-state index contributed by atoms with van der Waals surface area (Å²) < 4.78 is 0. The molecule has 4 rings (SSSR count). The highest BCUT2D eigenvalue weighted by Gasteiger charge is 2.44. The maximum absolute atomic E-state index is 13.6. The van der Waals surface area contributed by atoms with Crippen LogP contribution in [0, 0.1) is 0 Å². The van der Waals surface area contributed by atoms with E-state index in [0.29, 0.717) is 29.8 Å². The second kappa shape index (κ2) is 7.80. The van der Waals surface area contributed by atoms with Gasteiger partial charge in [-0.25, -0.2) is 0 Å². The molecule has 3 amide bonds. The topological polar surface area (TPSA) is 57.7 Å². The Morgan fingerprint density at radius 1 is 1.04 bits per heavy atom. The maximum Gasteiger partial charge on any atom is 0.262 e. The van der Waals surface area contributed by atoms with E-state index >= 15 is 0 Å². The lowest BCUT2D eigenvalue weighted by Gasteiger charge is -2.34. The van der Waals surface area contributed by atoms with Gasteiger partial charge in [-0.2, -0.15) is 11.8 Å². The Labute approximate surface area is 168 Å². The van der Waals surface area contributed by atoms with Crippen molar-refractivity contribution in [2.24, 2.45) is 0 Å². The van der Waals surface area contributed by atoms with Crippen LogP contribution in [0.2, 0.25) is 0 Å². The Morgan fingerprint density at radius 2 is 1.68 bits per heavy atom. The van der Waals surface area contributed by atoms with Crippen LogP contribution in [0.4, 0.5) is 5.69 Å². The number of carbonyl (C=O) groups is 3. The molecule has 0 aliphatic carbocycles. The zero-order chi connectivity index (χ0) is 19.7. The zero-order valence-electron chi connectivity index (χ0n) is 15.8. The third kappa shape index (κ3) is 3.11. The number of fused-ring (bicyclic) bond motifs is 2. The van der Waals surface area contributed by atoms with Crippen LogP contribution in [0.3, 0.4) is 0 Å². The summed E-state index contributed by atoms with van der Waals surface area (Å²) in [5.41, 5.74) is 2.79. The molecule has 0 fully saturated rings. The molecule has 0 unspecified atom stereocenters. The van der Waals surface area contributed by atoms with Crippen molar-refractivity contribution in [3.05, 3.63) is 65.2 Å². The summed E-state index contributed by atoms with van der Waals surface area (Å²) in [4.78, 5) is 42.4. The largest absolute Gasteiger partial charge is 0.310 e. The first-order valence-electron chi connectivity index (χ1n) is 9.48. The molecule has 0 radical (unpaired) electrons.